The predicted molar refractivity (Wildman–Crippen MR) is 83.0 cm³/mol. The van der Waals surface area contributed by atoms with Gasteiger partial charge in [-0.3, -0.25) is 0 Å². The van der Waals surface area contributed by atoms with E-state index in [1.807, 2.05) is 6.07 Å². The molecule has 0 radical (unpaired) electrons. The Kier molecular flexibility index (Phi) is 6.36. The van der Waals surface area contributed by atoms with E-state index in [-0.39, 0.29) is 5.41 Å². The van der Waals surface area contributed by atoms with Crippen molar-refractivity contribution in [2.45, 2.75) is 46.5 Å². The zero-order chi connectivity index (χ0) is 14.3. The average Bonchev–Trinajstić information content (AvgIpc) is 2.37. The summed E-state index contributed by atoms with van der Waals surface area (Å²) in [6.07, 6.45) is 1.20. The molecule has 0 N–H and O–H groups in total. The first kappa shape index (κ1) is 16.0. The van der Waals surface area contributed by atoms with Crippen LogP contribution >= 0.6 is 0 Å². The highest BCUT2D eigenvalue weighted by Crippen LogP contribution is 2.25. The lowest BCUT2D eigenvalue weighted by molar-refractivity contribution is 0.215. The molecule has 0 aliphatic rings. The van der Waals surface area contributed by atoms with E-state index >= 15 is 0 Å². The van der Waals surface area contributed by atoms with Crippen LogP contribution in [0.2, 0.25) is 0 Å². The van der Waals surface area contributed by atoms with Gasteiger partial charge in [0.15, 0.2) is 0 Å². The Bertz CT molecular complexity index is 368. The monoisotopic (exact) mass is 263 g/mol. The van der Waals surface area contributed by atoms with Gasteiger partial charge in [-0.2, -0.15) is 0 Å². The molecule has 0 heterocycles. The summed E-state index contributed by atoms with van der Waals surface area (Å²) in [6, 6.07) is 8.46. The minimum Gasteiger partial charge on any atom is -0.492 e. The topological polar surface area (TPSA) is 12.5 Å². The minimum absolute atomic E-state index is 0.178. The quantitative estimate of drug-likeness (QED) is 0.734. The Morgan fingerprint density at radius 2 is 1.84 bits per heavy atom. The lowest BCUT2D eigenvalue weighted by atomic mass is 9.87. The van der Waals surface area contributed by atoms with E-state index in [4.69, 9.17) is 4.74 Å². The first-order valence-corrected chi connectivity index (χ1v) is 7.43. The van der Waals surface area contributed by atoms with Crippen molar-refractivity contribution in [3.05, 3.63) is 29.8 Å². The van der Waals surface area contributed by atoms with Crippen molar-refractivity contribution in [1.82, 2.24) is 4.90 Å². The third kappa shape index (κ3) is 5.65. The van der Waals surface area contributed by atoms with Crippen molar-refractivity contribution in [3.8, 4) is 5.75 Å². The largest absolute Gasteiger partial charge is 0.492 e. The third-order valence-electron chi connectivity index (χ3n) is 3.36. The zero-order valence-electron chi connectivity index (χ0n) is 13.2. The van der Waals surface area contributed by atoms with E-state index in [1.165, 1.54) is 12.0 Å². The minimum atomic E-state index is 0.178. The summed E-state index contributed by atoms with van der Waals surface area (Å²) in [6.45, 7) is 15.1. The molecule has 108 valence electrons. The Morgan fingerprint density at radius 3 is 2.42 bits per heavy atom. The molecule has 1 aromatic rings. The van der Waals surface area contributed by atoms with Gasteiger partial charge in [0.05, 0.1) is 0 Å². The average molecular weight is 263 g/mol. The van der Waals surface area contributed by atoms with Gasteiger partial charge in [-0.05, 0) is 42.6 Å². The molecular formula is C17H29NO. The van der Waals surface area contributed by atoms with Crippen LogP contribution in [0.15, 0.2) is 24.3 Å². The third-order valence-corrected chi connectivity index (χ3v) is 3.36. The molecular weight excluding hydrogens is 234 g/mol. The summed E-state index contributed by atoms with van der Waals surface area (Å²) < 4.78 is 5.88. The highest BCUT2D eigenvalue weighted by atomic mass is 16.5. The second-order valence-electron chi connectivity index (χ2n) is 6.06. The van der Waals surface area contributed by atoms with Crippen molar-refractivity contribution in [1.29, 1.82) is 0 Å². The van der Waals surface area contributed by atoms with Gasteiger partial charge < -0.3 is 9.64 Å². The van der Waals surface area contributed by atoms with Crippen LogP contribution in [-0.2, 0) is 5.41 Å². The summed E-state index contributed by atoms with van der Waals surface area (Å²) in [4.78, 5) is 2.42. The fourth-order valence-corrected chi connectivity index (χ4v) is 2.09. The molecule has 0 amide bonds. The van der Waals surface area contributed by atoms with Gasteiger partial charge >= 0.3 is 0 Å². The molecule has 0 fully saturated rings. The van der Waals surface area contributed by atoms with Gasteiger partial charge in [-0.25, -0.2) is 0 Å². The molecule has 0 unspecified atom stereocenters. The van der Waals surface area contributed by atoms with Gasteiger partial charge in [0.1, 0.15) is 12.4 Å². The highest BCUT2D eigenvalue weighted by molar-refractivity contribution is 5.32. The van der Waals surface area contributed by atoms with Gasteiger partial charge in [0.25, 0.3) is 0 Å². The number of likely N-dealkylation sites (N-methyl/N-ethyl adjacent to an activating group) is 1. The molecule has 0 aliphatic carbocycles. The highest BCUT2D eigenvalue weighted by Gasteiger charge is 2.13. The summed E-state index contributed by atoms with van der Waals surface area (Å²) in [5.41, 5.74) is 1.50. The first-order chi connectivity index (χ1) is 8.97. The smallest absolute Gasteiger partial charge is 0.119 e. The van der Waals surface area contributed by atoms with Crippen LogP contribution < -0.4 is 4.74 Å². The lowest BCUT2D eigenvalue weighted by Gasteiger charge is -2.21. The summed E-state index contributed by atoms with van der Waals surface area (Å²) in [5, 5.41) is 0. The number of hydrogen-bond donors (Lipinski definition) is 0. The van der Waals surface area contributed by atoms with Gasteiger partial charge in [-0.15, -0.1) is 0 Å². The molecule has 0 saturated heterocycles. The van der Waals surface area contributed by atoms with Crippen molar-refractivity contribution in [3.63, 3.8) is 0 Å². The Morgan fingerprint density at radius 1 is 1.11 bits per heavy atom. The number of nitrogens with zero attached hydrogens (tertiary/aromatic N) is 1. The predicted octanol–water partition coefficient (Wildman–Crippen LogP) is 4.09. The summed E-state index contributed by atoms with van der Waals surface area (Å²) in [5.74, 6) is 0.986. The van der Waals surface area contributed by atoms with Crippen molar-refractivity contribution in [2.75, 3.05) is 26.2 Å². The van der Waals surface area contributed by atoms with Gasteiger partial charge in [-0.1, -0.05) is 46.8 Å². The van der Waals surface area contributed by atoms with E-state index < -0.39 is 0 Å². The Hall–Kier alpha value is -1.02. The van der Waals surface area contributed by atoms with Crippen LogP contribution in [0.3, 0.4) is 0 Å². The van der Waals surface area contributed by atoms with E-state index in [0.717, 1.165) is 32.0 Å². The van der Waals surface area contributed by atoms with Crippen molar-refractivity contribution < 1.29 is 4.74 Å². The number of hydrogen-bond acceptors (Lipinski definition) is 2. The van der Waals surface area contributed by atoms with Crippen LogP contribution in [0.4, 0.5) is 0 Å². The first-order valence-electron chi connectivity index (χ1n) is 7.43. The molecule has 0 atom stereocenters. The molecule has 0 spiro atoms. The Labute approximate surface area is 118 Å². The van der Waals surface area contributed by atoms with E-state index in [1.54, 1.807) is 0 Å². The maximum Gasteiger partial charge on any atom is 0.119 e. The fraction of sp³-hybridized carbons (Fsp3) is 0.647. The molecule has 0 aromatic heterocycles. The number of benzene rings is 1. The summed E-state index contributed by atoms with van der Waals surface area (Å²) >= 11 is 0. The number of rotatable bonds is 7. The van der Waals surface area contributed by atoms with E-state index in [0.29, 0.717) is 0 Å². The standard InChI is InChI=1S/C17H29NO/c1-6-11-18(7-2)12-13-19-16-10-8-9-15(14-16)17(3,4)5/h8-10,14H,6-7,11-13H2,1-5H3. The van der Waals surface area contributed by atoms with E-state index in [9.17, 15) is 0 Å². The van der Waals surface area contributed by atoms with Crippen LogP contribution in [0.5, 0.6) is 5.75 Å². The second kappa shape index (κ2) is 7.54. The van der Waals surface area contributed by atoms with Crippen LogP contribution in [0.25, 0.3) is 0 Å². The van der Waals surface area contributed by atoms with Crippen LogP contribution in [-0.4, -0.2) is 31.1 Å². The number of ether oxygens (including phenoxy) is 1. The molecule has 2 heteroatoms. The maximum atomic E-state index is 5.88. The molecule has 2 nitrogen and oxygen atoms in total. The molecule has 0 aliphatic heterocycles. The molecule has 1 rings (SSSR count). The molecule has 0 bridgehead atoms. The van der Waals surface area contributed by atoms with Crippen molar-refractivity contribution in [2.24, 2.45) is 0 Å². The Balaban J connectivity index is 2.49. The molecule has 1 aromatic carbocycles. The maximum absolute atomic E-state index is 5.88. The molecule has 0 saturated carbocycles. The molecule has 19 heavy (non-hydrogen) atoms. The van der Waals surface area contributed by atoms with Gasteiger partial charge in [0.2, 0.25) is 0 Å². The second-order valence-corrected chi connectivity index (χ2v) is 6.06. The zero-order valence-corrected chi connectivity index (χ0v) is 13.2. The van der Waals surface area contributed by atoms with E-state index in [2.05, 4.69) is 57.7 Å². The van der Waals surface area contributed by atoms with Crippen LogP contribution in [0.1, 0.15) is 46.6 Å². The van der Waals surface area contributed by atoms with Crippen LogP contribution in [0, 0.1) is 0 Å². The summed E-state index contributed by atoms with van der Waals surface area (Å²) in [7, 11) is 0. The lowest BCUT2D eigenvalue weighted by Crippen LogP contribution is -2.29. The van der Waals surface area contributed by atoms with Gasteiger partial charge in [0, 0.05) is 6.54 Å². The van der Waals surface area contributed by atoms with Crippen molar-refractivity contribution >= 4 is 0 Å². The normalized spacial score (nSPS) is 11.9. The fourth-order valence-electron chi connectivity index (χ4n) is 2.09. The SMILES string of the molecule is CCCN(CC)CCOc1cccc(C(C)(C)C)c1.